The van der Waals surface area contributed by atoms with Crippen LogP contribution >= 0.6 is 11.6 Å². The molecule has 1 aromatic carbocycles. The lowest BCUT2D eigenvalue weighted by atomic mass is 10.0. The highest BCUT2D eigenvalue weighted by molar-refractivity contribution is 6.31. The minimum absolute atomic E-state index is 0.0111. The summed E-state index contributed by atoms with van der Waals surface area (Å²) in [6, 6.07) is 6.25. The highest BCUT2D eigenvalue weighted by Crippen LogP contribution is 2.37. The van der Waals surface area contributed by atoms with Crippen LogP contribution in [0.15, 0.2) is 41.2 Å². The maximum absolute atomic E-state index is 14.1. The first-order chi connectivity index (χ1) is 9.68. The number of nitrogen functional groups attached to an aromatic ring is 1. The van der Waals surface area contributed by atoms with Gasteiger partial charge in [-0.2, -0.15) is 0 Å². The van der Waals surface area contributed by atoms with Gasteiger partial charge < -0.3 is 10.3 Å². The molecule has 7 heteroatoms. The summed E-state index contributed by atoms with van der Waals surface area (Å²) in [5.74, 6) is -0.0785. The van der Waals surface area contributed by atoms with E-state index in [1.165, 1.54) is 12.1 Å². The summed E-state index contributed by atoms with van der Waals surface area (Å²) in [5.41, 5.74) is 6.24. The first-order valence-corrected chi connectivity index (χ1v) is 6.03. The molecule has 0 spiro atoms. The third kappa shape index (κ3) is 2.00. The molecule has 0 aliphatic carbocycles. The third-order valence-electron chi connectivity index (χ3n) is 2.71. The van der Waals surface area contributed by atoms with Crippen molar-refractivity contribution in [3.05, 3.63) is 47.5 Å². The van der Waals surface area contributed by atoms with Crippen LogP contribution < -0.4 is 5.73 Å². The minimum Gasteiger partial charge on any atom is -0.380 e. The van der Waals surface area contributed by atoms with E-state index in [-0.39, 0.29) is 33.6 Å². The second-order valence-corrected chi connectivity index (χ2v) is 4.35. The van der Waals surface area contributed by atoms with Gasteiger partial charge in [0.25, 0.3) is 0 Å². The van der Waals surface area contributed by atoms with E-state index >= 15 is 0 Å². The van der Waals surface area contributed by atoms with Gasteiger partial charge >= 0.3 is 0 Å². The van der Waals surface area contributed by atoms with Crippen molar-refractivity contribution in [1.29, 1.82) is 0 Å². The van der Waals surface area contributed by atoms with Gasteiger partial charge in [-0.05, 0) is 12.1 Å². The highest BCUT2D eigenvalue weighted by atomic mass is 35.5. The van der Waals surface area contributed by atoms with Crippen LogP contribution in [0.3, 0.4) is 0 Å². The van der Waals surface area contributed by atoms with Crippen LogP contribution in [0.2, 0.25) is 5.02 Å². The maximum Gasteiger partial charge on any atom is 0.214 e. The molecule has 3 rings (SSSR count). The van der Waals surface area contributed by atoms with Crippen molar-refractivity contribution in [1.82, 2.24) is 15.1 Å². The zero-order valence-corrected chi connectivity index (χ0v) is 10.8. The monoisotopic (exact) mass is 290 g/mol. The molecular formula is C13H8ClFN4O. The average Bonchev–Trinajstić information content (AvgIpc) is 2.85. The number of rotatable bonds is 2. The molecule has 2 aromatic heterocycles. The Kier molecular flexibility index (Phi) is 3.08. The van der Waals surface area contributed by atoms with E-state index in [4.69, 9.17) is 21.9 Å². The Balaban J connectivity index is 2.25. The summed E-state index contributed by atoms with van der Waals surface area (Å²) in [5, 5.41) is 3.64. The highest BCUT2D eigenvalue weighted by Gasteiger charge is 2.22. The number of halogens is 2. The normalized spacial score (nSPS) is 10.7. The molecule has 0 aliphatic heterocycles. The third-order valence-corrected chi connectivity index (χ3v) is 3.00. The van der Waals surface area contributed by atoms with Gasteiger partial charge in [-0.3, -0.25) is 0 Å². The van der Waals surface area contributed by atoms with Gasteiger partial charge in [0.2, 0.25) is 5.76 Å². The van der Waals surface area contributed by atoms with E-state index in [1.54, 1.807) is 24.5 Å². The first kappa shape index (κ1) is 12.6. The lowest BCUT2D eigenvalue weighted by Gasteiger charge is -2.04. The molecule has 0 amide bonds. The molecule has 0 atom stereocenters. The maximum atomic E-state index is 14.1. The summed E-state index contributed by atoms with van der Waals surface area (Å²) >= 11 is 5.78. The second-order valence-electron chi connectivity index (χ2n) is 3.95. The molecule has 0 aliphatic rings. The molecule has 100 valence electrons. The van der Waals surface area contributed by atoms with Gasteiger partial charge in [-0.15, -0.1) is 0 Å². The van der Waals surface area contributed by atoms with Crippen LogP contribution in [-0.2, 0) is 0 Å². The van der Waals surface area contributed by atoms with Gasteiger partial charge in [0.1, 0.15) is 5.82 Å². The molecule has 3 aromatic rings. The van der Waals surface area contributed by atoms with E-state index in [9.17, 15) is 4.39 Å². The smallest absolute Gasteiger partial charge is 0.214 e. The van der Waals surface area contributed by atoms with Crippen molar-refractivity contribution in [3.63, 3.8) is 0 Å². The van der Waals surface area contributed by atoms with Gasteiger partial charge in [-0.1, -0.05) is 28.9 Å². The number of anilines is 1. The van der Waals surface area contributed by atoms with Gasteiger partial charge in [0.15, 0.2) is 11.6 Å². The van der Waals surface area contributed by atoms with Crippen molar-refractivity contribution in [2.24, 2.45) is 0 Å². The van der Waals surface area contributed by atoms with Crippen LogP contribution in [0, 0.1) is 5.82 Å². The number of hydrogen-bond donors (Lipinski definition) is 1. The zero-order valence-electron chi connectivity index (χ0n) is 10.0. The fourth-order valence-electron chi connectivity index (χ4n) is 1.83. The predicted octanol–water partition coefficient (Wildman–Crippen LogP) is 3.17. The van der Waals surface area contributed by atoms with Crippen molar-refractivity contribution in [2.45, 2.75) is 0 Å². The van der Waals surface area contributed by atoms with Crippen LogP contribution in [0.4, 0.5) is 10.2 Å². The average molecular weight is 291 g/mol. The van der Waals surface area contributed by atoms with Crippen molar-refractivity contribution in [2.75, 3.05) is 5.73 Å². The van der Waals surface area contributed by atoms with Crippen molar-refractivity contribution >= 4 is 17.4 Å². The lowest BCUT2D eigenvalue weighted by molar-refractivity contribution is 0.433. The molecule has 20 heavy (non-hydrogen) atoms. The first-order valence-electron chi connectivity index (χ1n) is 5.65. The Bertz CT molecular complexity index is 760. The van der Waals surface area contributed by atoms with E-state index in [1.807, 2.05) is 0 Å². The molecule has 0 bridgehead atoms. The number of nitrogens with two attached hydrogens (primary N) is 1. The minimum atomic E-state index is -0.596. The fourth-order valence-corrected chi connectivity index (χ4v) is 2.00. The van der Waals surface area contributed by atoms with E-state index in [2.05, 4.69) is 15.1 Å². The Morgan fingerprint density at radius 3 is 2.65 bits per heavy atom. The quantitative estimate of drug-likeness (QED) is 0.784. The van der Waals surface area contributed by atoms with E-state index < -0.39 is 5.82 Å². The summed E-state index contributed by atoms with van der Waals surface area (Å²) in [6.07, 6.45) is 3.08. The molecule has 0 saturated carbocycles. The van der Waals surface area contributed by atoms with Crippen LogP contribution in [0.5, 0.6) is 0 Å². The second kappa shape index (κ2) is 4.90. The number of benzene rings is 1. The number of aromatic nitrogens is 3. The zero-order chi connectivity index (χ0) is 14.1. The summed E-state index contributed by atoms with van der Waals surface area (Å²) in [7, 11) is 0. The van der Waals surface area contributed by atoms with E-state index in [0.717, 1.165) is 0 Å². The molecular weight excluding hydrogens is 283 g/mol. The largest absolute Gasteiger partial charge is 0.380 e. The molecule has 0 unspecified atom stereocenters. The molecule has 2 N–H and O–H groups in total. The summed E-state index contributed by atoms with van der Waals surface area (Å²) < 4.78 is 19.3. The van der Waals surface area contributed by atoms with Crippen molar-refractivity contribution < 1.29 is 8.91 Å². The van der Waals surface area contributed by atoms with Gasteiger partial charge in [0.05, 0.1) is 10.6 Å². The van der Waals surface area contributed by atoms with Gasteiger partial charge in [0, 0.05) is 18.0 Å². The van der Waals surface area contributed by atoms with Crippen LogP contribution in [0.25, 0.3) is 22.7 Å². The summed E-state index contributed by atoms with van der Waals surface area (Å²) in [6.45, 7) is 0. The molecule has 5 nitrogen and oxygen atoms in total. The van der Waals surface area contributed by atoms with Gasteiger partial charge in [-0.25, -0.2) is 14.4 Å². The molecule has 0 fully saturated rings. The Labute approximate surface area is 118 Å². The topological polar surface area (TPSA) is 77.8 Å². The molecule has 0 saturated heterocycles. The number of nitrogens with zero attached hydrogens (tertiary/aromatic N) is 3. The summed E-state index contributed by atoms with van der Waals surface area (Å²) in [4.78, 5) is 8.09. The number of hydrogen-bond acceptors (Lipinski definition) is 5. The fraction of sp³-hybridized carbons (Fsp3) is 0. The Hall–Kier alpha value is -2.47. The standard InChI is InChI=1S/C13H8ClFN4O/c14-8-4-1-3-7(10(8)15)9-11(20-19-12(9)16)13-17-5-2-6-18-13/h1-6H,(H2,16,19). The van der Waals surface area contributed by atoms with Crippen LogP contribution in [-0.4, -0.2) is 15.1 Å². The molecule has 2 heterocycles. The van der Waals surface area contributed by atoms with E-state index in [0.29, 0.717) is 0 Å². The lowest BCUT2D eigenvalue weighted by Crippen LogP contribution is -1.93. The Morgan fingerprint density at radius 1 is 1.15 bits per heavy atom. The predicted molar refractivity (Wildman–Crippen MR) is 72.3 cm³/mol. The van der Waals surface area contributed by atoms with Crippen LogP contribution in [0.1, 0.15) is 0 Å². The SMILES string of the molecule is Nc1noc(-c2ncccn2)c1-c1cccc(Cl)c1F. The Morgan fingerprint density at radius 2 is 1.90 bits per heavy atom. The molecule has 0 radical (unpaired) electrons. The van der Waals surface area contributed by atoms with Crippen molar-refractivity contribution in [3.8, 4) is 22.7 Å².